The first-order valence-electron chi connectivity index (χ1n) is 13.6. The summed E-state index contributed by atoms with van der Waals surface area (Å²) < 4.78 is 0. The maximum atomic E-state index is 8.70. The van der Waals surface area contributed by atoms with Crippen LogP contribution in [0.5, 0.6) is 0 Å². The third-order valence-electron chi connectivity index (χ3n) is 9.14. The molecule has 3 rings (SSSR count). The molecule has 0 aliphatic heterocycles. The molecular formula is C30H53N. The SMILES string of the molecule is C#CC1(C(C)C)CCCCC1.CC1(C#N)CCCCC1.CCC1(C(C)C)CCCCC1. The largest absolute Gasteiger partial charge is 0.198 e. The standard InChI is InChI=1S/C11H22.C11H18.C8H13N/c2*1-4-11(10(2)3)8-6-5-7-9-11;1-8(7-9)5-3-2-4-6-8/h10H,4-9H2,1-3H3;1,10H,5-9H2,2-3H3;2-6H2,1H3. The van der Waals surface area contributed by atoms with Gasteiger partial charge in [0, 0.05) is 5.41 Å². The first-order chi connectivity index (χ1) is 14.7. The molecule has 3 saturated carbocycles. The van der Waals surface area contributed by atoms with Crippen molar-refractivity contribution in [2.24, 2.45) is 28.1 Å². The van der Waals surface area contributed by atoms with Crippen LogP contribution < -0.4 is 0 Å². The normalized spacial score (nSPS) is 23.9. The van der Waals surface area contributed by atoms with Crippen LogP contribution in [0.3, 0.4) is 0 Å². The van der Waals surface area contributed by atoms with Gasteiger partial charge in [0.2, 0.25) is 0 Å². The van der Waals surface area contributed by atoms with Crippen molar-refractivity contribution < 1.29 is 0 Å². The van der Waals surface area contributed by atoms with Gasteiger partial charge in [-0.1, -0.05) is 105 Å². The molecule has 31 heavy (non-hydrogen) atoms. The molecule has 3 fully saturated rings. The summed E-state index contributed by atoms with van der Waals surface area (Å²) in [4.78, 5) is 0. The van der Waals surface area contributed by atoms with Crippen LogP contribution in [-0.4, -0.2) is 0 Å². The van der Waals surface area contributed by atoms with Gasteiger partial charge in [-0.05, 0) is 62.7 Å². The zero-order valence-corrected chi connectivity index (χ0v) is 22.0. The van der Waals surface area contributed by atoms with E-state index in [-0.39, 0.29) is 10.8 Å². The number of hydrogen-bond acceptors (Lipinski definition) is 1. The van der Waals surface area contributed by atoms with Crippen molar-refractivity contribution in [2.45, 2.75) is 144 Å². The Bertz CT molecular complexity index is 552. The van der Waals surface area contributed by atoms with Gasteiger partial charge < -0.3 is 0 Å². The molecule has 1 nitrogen and oxygen atoms in total. The molecule has 3 aliphatic rings. The molecule has 1 heteroatoms. The molecule has 0 amide bonds. The smallest absolute Gasteiger partial charge is 0.0686 e. The van der Waals surface area contributed by atoms with Crippen LogP contribution in [0, 0.1) is 51.8 Å². The van der Waals surface area contributed by atoms with Gasteiger partial charge in [0.05, 0.1) is 11.5 Å². The molecule has 0 saturated heterocycles. The van der Waals surface area contributed by atoms with E-state index in [1.165, 1.54) is 89.9 Å². The summed E-state index contributed by atoms with van der Waals surface area (Å²) in [6.45, 7) is 13.7. The first-order valence-corrected chi connectivity index (χ1v) is 13.6. The molecule has 0 heterocycles. The summed E-state index contributed by atoms with van der Waals surface area (Å²) in [7, 11) is 0. The van der Waals surface area contributed by atoms with Crippen LogP contribution in [0.25, 0.3) is 0 Å². The predicted molar refractivity (Wildman–Crippen MR) is 137 cm³/mol. The van der Waals surface area contributed by atoms with E-state index in [4.69, 9.17) is 11.7 Å². The van der Waals surface area contributed by atoms with Crippen LogP contribution >= 0.6 is 0 Å². The second-order valence-corrected chi connectivity index (χ2v) is 11.7. The Hall–Kier alpha value is -0.950. The van der Waals surface area contributed by atoms with E-state index in [0.717, 1.165) is 24.2 Å². The lowest BCUT2D eigenvalue weighted by Gasteiger charge is -2.40. The van der Waals surface area contributed by atoms with E-state index < -0.39 is 0 Å². The summed E-state index contributed by atoms with van der Waals surface area (Å²) in [5.74, 6) is 4.57. The molecule has 0 aromatic rings. The van der Waals surface area contributed by atoms with Gasteiger partial charge in [0.25, 0.3) is 0 Å². The van der Waals surface area contributed by atoms with Gasteiger partial charge >= 0.3 is 0 Å². The molecule has 0 unspecified atom stereocenters. The highest BCUT2D eigenvalue weighted by Gasteiger charge is 2.33. The minimum atomic E-state index is 0.0260. The van der Waals surface area contributed by atoms with Crippen LogP contribution in [0.2, 0.25) is 0 Å². The van der Waals surface area contributed by atoms with E-state index in [1.807, 2.05) is 0 Å². The number of rotatable bonds is 3. The lowest BCUT2D eigenvalue weighted by molar-refractivity contribution is 0.112. The lowest BCUT2D eigenvalue weighted by atomic mass is 9.65. The molecule has 178 valence electrons. The van der Waals surface area contributed by atoms with Crippen molar-refractivity contribution in [3.05, 3.63) is 0 Å². The van der Waals surface area contributed by atoms with Crippen molar-refractivity contribution in [1.29, 1.82) is 5.26 Å². The third kappa shape index (κ3) is 8.49. The van der Waals surface area contributed by atoms with Crippen LogP contribution in [0.4, 0.5) is 0 Å². The third-order valence-corrected chi connectivity index (χ3v) is 9.14. The quantitative estimate of drug-likeness (QED) is 0.411. The topological polar surface area (TPSA) is 23.8 Å². The predicted octanol–water partition coefficient (Wildman–Crippen LogP) is 9.71. The van der Waals surface area contributed by atoms with Gasteiger partial charge in [-0.15, -0.1) is 6.42 Å². The van der Waals surface area contributed by atoms with E-state index in [1.54, 1.807) is 0 Å². The molecule has 0 aromatic heterocycles. The average Bonchev–Trinajstić information content (AvgIpc) is 2.81. The highest BCUT2D eigenvalue weighted by Crippen LogP contribution is 2.45. The van der Waals surface area contributed by atoms with Crippen molar-refractivity contribution in [3.63, 3.8) is 0 Å². The fourth-order valence-corrected chi connectivity index (χ4v) is 6.11. The molecule has 0 N–H and O–H groups in total. The summed E-state index contributed by atoms with van der Waals surface area (Å²) >= 11 is 0. The molecule has 0 bridgehead atoms. The van der Waals surface area contributed by atoms with Gasteiger partial charge in [-0.25, -0.2) is 0 Å². The summed E-state index contributed by atoms with van der Waals surface area (Å²) in [5, 5.41) is 8.70. The zero-order valence-electron chi connectivity index (χ0n) is 22.0. The van der Waals surface area contributed by atoms with Crippen LogP contribution in [0.1, 0.15) is 144 Å². The van der Waals surface area contributed by atoms with Crippen molar-refractivity contribution >= 4 is 0 Å². The number of nitrogens with zero attached hydrogens (tertiary/aromatic N) is 1. The van der Waals surface area contributed by atoms with E-state index in [9.17, 15) is 0 Å². The monoisotopic (exact) mass is 427 g/mol. The molecule has 0 spiro atoms. The number of hydrogen-bond donors (Lipinski definition) is 0. The van der Waals surface area contributed by atoms with E-state index >= 15 is 0 Å². The fourth-order valence-electron chi connectivity index (χ4n) is 6.11. The Morgan fingerprint density at radius 3 is 1.35 bits per heavy atom. The number of nitriles is 1. The molecule has 0 atom stereocenters. The van der Waals surface area contributed by atoms with Gasteiger partial charge in [0.1, 0.15) is 0 Å². The Balaban J connectivity index is 0.000000234. The van der Waals surface area contributed by atoms with E-state index in [2.05, 4.69) is 53.5 Å². The fraction of sp³-hybridized carbons (Fsp3) is 0.900. The second kappa shape index (κ2) is 13.6. The van der Waals surface area contributed by atoms with Gasteiger partial charge in [0.15, 0.2) is 0 Å². The highest BCUT2D eigenvalue weighted by atomic mass is 14.4. The molecule has 3 aliphatic carbocycles. The van der Waals surface area contributed by atoms with Gasteiger partial charge in [-0.3, -0.25) is 0 Å². The van der Waals surface area contributed by atoms with Crippen molar-refractivity contribution in [1.82, 2.24) is 0 Å². The summed E-state index contributed by atoms with van der Waals surface area (Å²) in [5.41, 5.74) is 0.995. The van der Waals surface area contributed by atoms with E-state index in [0.29, 0.717) is 5.92 Å². The Labute approximate surface area is 196 Å². The highest BCUT2D eigenvalue weighted by molar-refractivity contribution is 5.08. The average molecular weight is 428 g/mol. The van der Waals surface area contributed by atoms with Crippen molar-refractivity contribution in [2.75, 3.05) is 0 Å². The molecular weight excluding hydrogens is 374 g/mol. The minimum Gasteiger partial charge on any atom is -0.198 e. The van der Waals surface area contributed by atoms with Crippen LogP contribution in [-0.2, 0) is 0 Å². The Kier molecular flexibility index (Phi) is 12.3. The zero-order chi connectivity index (χ0) is 23.4. The molecule has 0 radical (unpaired) electrons. The summed E-state index contributed by atoms with van der Waals surface area (Å²) in [6, 6.07) is 2.38. The Morgan fingerprint density at radius 2 is 1.13 bits per heavy atom. The molecule has 0 aromatic carbocycles. The first kappa shape index (κ1) is 28.1. The van der Waals surface area contributed by atoms with Crippen LogP contribution in [0.15, 0.2) is 0 Å². The number of terminal acetylenes is 1. The van der Waals surface area contributed by atoms with Crippen molar-refractivity contribution in [3.8, 4) is 18.4 Å². The van der Waals surface area contributed by atoms with Gasteiger partial charge in [-0.2, -0.15) is 5.26 Å². The maximum Gasteiger partial charge on any atom is 0.0686 e. The Morgan fingerprint density at radius 1 is 0.710 bits per heavy atom. The summed E-state index contributed by atoms with van der Waals surface area (Å²) in [6.07, 6.45) is 27.0. The minimum absolute atomic E-state index is 0.0260. The lowest BCUT2D eigenvalue weighted by Crippen LogP contribution is -2.28. The second-order valence-electron chi connectivity index (χ2n) is 11.7. The maximum absolute atomic E-state index is 8.70.